The van der Waals surface area contributed by atoms with Crippen LogP contribution in [0.2, 0.25) is 0 Å². The van der Waals surface area contributed by atoms with Crippen molar-refractivity contribution in [2.75, 3.05) is 20.3 Å². The summed E-state index contributed by atoms with van der Waals surface area (Å²) in [6.07, 6.45) is 1.96. The molecule has 1 heterocycles. The third-order valence-electron chi connectivity index (χ3n) is 2.35. The first-order valence-corrected chi connectivity index (χ1v) is 5.54. The Kier molecular flexibility index (Phi) is 5.45. The van der Waals surface area contributed by atoms with Gasteiger partial charge in [0, 0.05) is 25.9 Å². The number of hydrogen-bond donors (Lipinski definition) is 2. The molecule has 1 unspecified atom stereocenters. The molecule has 1 aromatic heterocycles. The summed E-state index contributed by atoms with van der Waals surface area (Å²) in [4.78, 5) is 0. The largest absolute Gasteiger partial charge is 0.395 e. The van der Waals surface area contributed by atoms with Crippen LogP contribution in [0.4, 0.5) is 0 Å². The second-order valence-electron chi connectivity index (χ2n) is 4.10. The van der Waals surface area contributed by atoms with Crippen LogP contribution < -0.4 is 5.32 Å². The Morgan fingerprint density at radius 3 is 2.81 bits per heavy atom. The molecular formula is C11H21N3O2. The number of aromatic nitrogens is 2. The molecule has 5 heteroatoms. The minimum absolute atomic E-state index is 0.0331. The van der Waals surface area contributed by atoms with Crippen LogP contribution in [0.3, 0.4) is 0 Å². The highest BCUT2D eigenvalue weighted by molar-refractivity contribution is 4.99. The van der Waals surface area contributed by atoms with Crippen molar-refractivity contribution in [2.24, 2.45) is 0 Å². The van der Waals surface area contributed by atoms with Crippen LogP contribution in [0.15, 0.2) is 12.3 Å². The Morgan fingerprint density at radius 1 is 1.56 bits per heavy atom. The number of aliphatic hydroxyl groups excluding tert-OH is 1. The van der Waals surface area contributed by atoms with Crippen molar-refractivity contribution in [1.82, 2.24) is 15.1 Å². The monoisotopic (exact) mass is 227 g/mol. The van der Waals surface area contributed by atoms with E-state index in [9.17, 15) is 0 Å². The SMILES string of the molecule is COCC(CO)NCc1ccn(C(C)C)n1. The van der Waals surface area contributed by atoms with E-state index < -0.39 is 0 Å². The molecule has 0 saturated carbocycles. The summed E-state index contributed by atoms with van der Waals surface area (Å²) in [5.74, 6) is 0. The predicted octanol–water partition coefficient (Wildman–Crippen LogP) is 0.561. The van der Waals surface area contributed by atoms with Crippen molar-refractivity contribution in [2.45, 2.75) is 32.5 Å². The van der Waals surface area contributed by atoms with Gasteiger partial charge >= 0.3 is 0 Å². The molecule has 2 N–H and O–H groups in total. The van der Waals surface area contributed by atoms with Gasteiger partial charge in [0.1, 0.15) is 0 Å². The van der Waals surface area contributed by atoms with E-state index in [1.807, 2.05) is 16.9 Å². The number of hydrogen-bond acceptors (Lipinski definition) is 4. The summed E-state index contributed by atoms with van der Waals surface area (Å²) >= 11 is 0. The zero-order valence-corrected chi connectivity index (χ0v) is 10.2. The average molecular weight is 227 g/mol. The molecule has 92 valence electrons. The Hall–Kier alpha value is -0.910. The summed E-state index contributed by atoms with van der Waals surface area (Å²) in [6.45, 7) is 5.39. The van der Waals surface area contributed by atoms with E-state index in [1.54, 1.807) is 7.11 Å². The number of nitrogens with zero attached hydrogens (tertiary/aromatic N) is 2. The molecule has 0 aromatic carbocycles. The van der Waals surface area contributed by atoms with E-state index in [4.69, 9.17) is 9.84 Å². The van der Waals surface area contributed by atoms with Gasteiger partial charge in [0.15, 0.2) is 0 Å². The lowest BCUT2D eigenvalue weighted by molar-refractivity contribution is 0.128. The first kappa shape index (κ1) is 13.2. The van der Waals surface area contributed by atoms with E-state index in [0.29, 0.717) is 19.2 Å². The lowest BCUT2D eigenvalue weighted by atomic mass is 10.3. The van der Waals surface area contributed by atoms with Gasteiger partial charge in [0.2, 0.25) is 0 Å². The average Bonchev–Trinajstić information content (AvgIpc) is 2.73. The van der Waals surface area contributed by atoms with Crippen LogP contribution in [-0.4, -0.2) is 41.3 Å². The van der Waals surface area contributed by atoms with Gasteiger partial charge < -0.3 is 15.2 Å². The highest BCUT2D eigenvalue weighted by Crippen LogP contribution is 2.04. The first-order chi connectivity index (χ1) is 7.67. The molecule has 0 aliphatic carbocycles. The van der Waals surface area contributed by atoms with E-state index in [2.05, 4.69) is 24.3 Å². The molecule has 5 nitrogen and oxygen atoms in total. The molecule has 0 aliphatic heterocycles. The van der Waals surface area contributed by atoms with Crippen molar-refractivity contribution in [3.8, 4) is 0 Å². The fourth-order valence-corrected chi connectivity index (χ4v) is 1.39. The van der Waals surface area contributed by atoms with E-state index >= 15 is 0 Å². The molecule has 1 rings (SSSR count). The fraction of sp³-hybridized carbons (Fsp3) is 0.727. The van der Waals surface area contributed by atoms with E-state index in [0.717, 1.165) is 5.69 Å². The zero-order chi connectivity index (χ0) is 12.0. The Balaban J connectivity index is 2.41. The summed E-state index contributed by atoms with van der Waals surface area (Å²) in [5.41, 5.74) is 0.975. The molecule has 0 amide bonds. The molecule has 1 aromatic rings. The lowest BCUT2D eigenvalue weighted by Crippen LogP contribution is -2.36. The number of nitrogens with one attached hydrogen (secondary N) is 1. The Morgan fingerprint density at radius 2 is 2.31 bits per heavy atom. The van der Waals surface area contributed by atoms with Crippen LogP contribution in [0.5, 0.6) is 0 Å². The topological polar surface area (TPSA) is 59.3 Å². The van der Waals surface area contributed by atoms with Gasteiger partial charge in [-0.15, -0.1) is 0 Å². The van der Waals surface area contributed by atoms with Gasteiger partial charge in [0.25, 0.3) is 0 Å². The van der Waals surface area contributed by atoms with Crippen molar-refractivity contribution >= 4 is 0 Å². The molecule has 0 saturated heterocycles. The minimum atomic E-state index is -0.0331. The second-order valence-corrected chi connectivity index (χ2v) is 4.10. The van der Waals surface area contributed by atoms with Crippen molar-refractivity contribution in [3.05, 3.63) is 18.0 Å². The Bertz CT molecular complexity index is 299. The highest BCUT2D eigenvalue weighted by Gasteiger charge is 2.07. The number of rotatable bonds is 7. The first-order valence-electron chi connectivity index (χ1n) is 5.54. The third kappa shape index (κ3) is 3.92. The fourth-order valence-electron chi connectivity index (χ4n) is 1.39. The van der Waals surface area contributed by atoms with Crippen molar-refractivity contribution in [1.29, 1.82) is 0 Å². The van der Waals surface area contributed by atoms with E-state index in [-0.39, 0.29) is 12.6 Å². The van der Waals surface area contributed by atoms with Crippen molar-refractivity contribution in [3.63, 3.8) is 0 Å². The lowest BCUT2D eigenvalue weighted by Gasteiger charge is -2.14. The molecule has 0 aliphatic rings. The van der Waals surface area contributed by atoms with Gasteiger partial charge in [-0.3, -0.25) is 4.68 Å². The molecule has 0 spiro atoms. The van der Waals surface area contributed by atoms with E-state index in [1.165, 1.54) is 0 Å². The van der Waals surface area contributed by atoms with Crippen LogP contribution in [0.25, 0.3) is 0 Å². The summed E-state index contributed by atoms with van der Waals surface area (Å²) < 4.78 is 6.90. The van der Waals surface area contributed by atoms with Crippen LogP contribution in [-0.2, 0) is 11.3 Å². The Labute approximate surface area is 96.4 Å². The minimum Gasteiger partial charge on any atom is -0.395 e. The molecular weight excluding hydrogens is 206 g/mol. The quantitative estimate of drug-likeness (QED) is 0.714. The normalized spacial score (nSPS) is 13.3. The van der Waals surface area contributed by atoms with Gasteiger partial charge in [-0.1, -0.05) is 0 Å². The number of methoxy groups -OCH3 is 1. The van der Waals surface area contributed by atoms with Gasteiger partial charge in [-0.25, -0.2) is 0 Å². The van der Waals surface area contributed by atoms with Gasteiger partial charge in [-0.2, -0.15) is 5.10 Å². The van der Waals surface area contributed by atoms with Gasteiger partial charge in [-0.05, 0) is 19.9 Å². The predicted molar refractivity (Wildman–Crippen MR) is 62.2 cm³/mol. The van der Waals surface area contributed by atoms with Gasteiger partial charge in [0.05, 0.1) is 24.9 Å². The smallest absolute Gasteiger partial charge is 0.0762 e. The molecule has 0 fully saturated rings. The summed E-state index contributed by atoms with van der Waals surface area (Å²) in [7, 11) is 1.62. The zero-order valence-electron chi connectivity index (χ0n) is 10.2. The molecule has 1 atom stereocenters. The van der Waals surface area contributed by atoms with Crippen LogP contribution in [0.1, 0.15) is 25.6 Å². The molecule has 0 bridgehead atoms. The maximum Gasteiger partial charge on any atom is 0.0762 e. The second kappa shape index (κ2) is 6.62. The van der Waals surface area contributed by atoms with Crippen LogP contribution >= 0.6 is 0 Å². The number of aliphatic hydroxyl groups is 1. The third-order valence-corrected chi connectivity index (χ3v) is 2.35. The standard InChI is InChI=1S/C11H21N3O2/c1-9(2)14-5-4-10(13-14)6-12-11(7-15)8-16-3/h4-5,9,11-12,15H,6-8H2,1-3H3. The molecule has 16 heavy (non-hydrogen) atoms. The maximum absolute atomic E-state index is 9.06. The highest BCUT2D eigenvalue weighted by atomic mass is 16.5. The van der Waals surface area contributed by atoms with Crippen LogP contribution in [0, 0.1) is 0 Å². The maximum atomic E-state index is 9.06. The summed E-state index contributed by atoms with van der Waals surface area (Å²) in [5, 5.41) is 16.7. The van der Waals surface area contributed by atoms with Crippen molar-refractivity contribution < 1.29 is 9.84 Å². The molecule has 0 radical (unpaired) electrons. The number of ether oxygens (including phenoxy) is 1. The summed E-state index contributed by atoms with van der Waals surface area (Å²) in [6, 6.07) is 2.32.